The van der Waals surface area contributed by atoms with Gasteiger partial charge in [0.05, 0.1) is 11.6 Å². The molecule has 0 saturated carbocycles. The molecule has 1 fully saturated rings. The number of carbonyl (C=O) groups excluding carboxylic acids is 1. The van der Waals surface area contributed by atoms with Crippen molar-refractivity contribution in [1.82, 2.24) is 25.9 Å². The lowest BCUT2D eigenvalue weighted by Gasteiger charge is -2.31. The molecule has 1 aromatic heterocycles. The smallest absolute Gasteiger partial charge is 0.381 e. The van der Waals surface area contributed by atoms with E-state index in [9.17, 15) is 18.0 Å². The number of amides is 1. The lowest BCUT2D eigenvalue weighted by Crippen LogP contribution is -2.36. The van der Waals surface area contributed by atoms with Gasteiger partial charge in [-0.3, -0.25) is 4.79 Å². The minimum atomic E-state index is -4.47. The zero-order valence-corrected chi connectivity index (χ0v) is 20.2. The molecular formula is C27H25F3N6O2. The maximum atomic E-state index is 13.4. The van der Waals surface area contributed by atoms with Crippen molar-refractivity contribution in [2.45, 2.75) is 25.1 Å². The van der Waals surface area contributed by atoms with E-state index in [1.165, 1.54) is 6.07 Å². The number of halogens is 3. The molecule has 0 spiro atoms. The first kappa shape index (κ1) is 25.4. The van der Waals surface area contributed by atoms with Gasteiger partial charge in [0.15, 0.2) is 0 Å². The van der Waals surface area contributed by atoms with Gasteiger partial charge in [-0.1, -0.05) is 18.2 Å². The molecule has 2 heterocycles. The summed E-state index contributed by atoms with van der Waals surface area (Å²) >= 11 is 0. The van der Waals surface area contributed by atoms with E-state index in [1.54, 1.807) is 24.3 Å². The molecule has 196 valence electrons. The van der Waals surface area contributed by atoms with Gasteiger partial charge in [0.2, 0.25) is 5.82 Å². The topological polar surface area (TPSA) is 105 Å². The van der Waals surface area contributed by atoms with Gasteiger partial charge in [-0.05, 0) is 84.1 Å². The Bertz CT molecular complexity index is 1370. The van der Waals surface area contributed by atoms with Crippen molar-refractivity contribution in [1.29, 1.82) is 0 Å². The molecule has 5 rings (SSSR count). The number of nitrogens with one attached hydrogen (secondary N) is 3. The van der Waals surface area contributed by atoms with Crippen molar-refractivity contribution in [2.75, 3.05) is 18.5 Å². The molecule has 4 aromatic rings. The molecule has 8 nitrogen and oxygen atoms in total. The maximum absolute atomic E-state index is 13.4. The highest BCUT2D eigenvalue weighted by Gasteiger charge is 2.33. The number of hydrogen-bond donors (Lipinski definition) is 3. The van der Waals surface area contributed by atoms with Gasteiger partial charge in [0.25, 0.3) is 5.91 Å². The Hall–Kier alpha value is -4.25. The Morgan fingerprint density at radius 1 is 0.974 bits per heavy atom. The quantitative estimate of drug-likeness (QED) is 0.295. The highest BCUT2D eigenvalue weighted by atomic mass is 19.4. The molecule has 3 N–H and O–H groups in total. The SMILES string of the molecule is O=C(NC(c1cccc(C(F)(F)F)c1)C1CCOCC1)c1cccc(Nc2ccc(-c3nn[nH]n3)cc2)c1. The number of ether oxygens (including phenoxy) is 1. The third-order valence-electron chi connectivity index (χ3n) is 6.50. The number of benzene rings is 3. The Morgan fingerprint density at radius 2 is 1.74 bits per heavy atom. The third-order valence-corrected chi connectivity index (χ3v) is 6.50. The number of tetrazole rings is 1. The third kappa shape index (κ3) is 6.00. The first-order valence-electron chi connectivity index (χ1n) is 12.1. The van der Waals surface area contributed by atoms with Crippen molar-refractivity contribution in [2.24, 2.45) is 5.92 Å². The highest BCUT2D eigenvalue weighted by Crippen LogP contribution is 2.35. The average Bonchev–Trinajstić information content (AvgIpc) is 3.47. The summed E-state index contributed by atoms with van der Waals surface area (Å²) in [6.07, 6.45) is -3.19. The fourth-order valence-electron chi connectivity index (χ4n) is 4.55. The summed E-state index contributed by atoms with van der Waals surface area (Å²) < 4.78 is 45.6. The van der Waals surface area contributed by atoms with Crippen molar-refractivity contribution in [3.05, 3.63) is 89.5 Å². The lowest BCUT2D eigenvalue weighted by atomic mass is 9.86. The lowest BCUT2D eigenvalue weighted by molar-refractivity contribution is -0.137. The van der Waals surface area contributed by atoms with Crippen LogP contribution in [0.15, 0.2) is 72.8 Å². The van der Waals surface area contributed by atoms with Crippen LogP contribution in [0.2, 0.25) is 0 Å². The standard InChI is InChI=1S/C27H25F3N6O2/c28-27(29,30)21-5-1-3-19(15-21)24(17-11-13-38-14-12-17)32-26(37)20-4-2-6-23(16-20)31-22-9-7-18(8-10-22)25-33-35-36-34-25/h1-10,15-17,24,31H,11-14H2,(H,32,37)(H,33,34,35,36). The van der Waals surface area contributed by atoms with Crippen LogP contribution in [0.5, 0.6) is 0 Å². The molecule has 1 amide bonds. The molecule has 1 atom stereocenters. The summed E-state index contributed by atoms with van der Waals surface area (Å²) in [7, 11) is 0. The summed E-state index contributed by atoms with van der Waals surface area (Å²) in [5.41, 5.74) is 2.35. The van der Waals surface area contributed by atoms with Gasteiger partial charge >= 0.3 is 6.18 Å². The molecule has 1 saturated heterocycles. The van der Waals surface area contributed by atoms with Crippen LogP contribution in [0.1, 0.15) is 40.4 Å². The predicted molar refractivity (Wildman–Crippen MR) is 135 cm³/mol. The molecule has 1 unspecified atom stereocenters. The van der Waals surface area contributed by atoms with Gasteiger partial charge < -0.3 is 15.4 Å². The van der Waals surface area contributed by atoms with E-state index in [2.05, 4.69) is 31.3 Å². The second-order valence-electron chi connectivity index (χ2n) is 9.04. The van der Waals surface area contributed by atoms with E-state index >= 15 is 0 Å². The first-order valence-corrected chi connectivity index (χ1v) is 12.1. The molecule has 3 aromatic carbocycles. The summed E-state index contributed by atoms with van der Waals surface area (Å²) in [4.78, 5) is 13.3. The Balaban J connectivity index is 1.34. The van der Waals surface area contributed by atoms with E-state index in [0.717, 1.165) is 23.4 Å². The second-order valence-corrected chi connectivity index (χ2v) is 9.04. The van der Waals surface area contributed by atoms with Gasteiger partial charge in [0, 0.05) is 35.7 Å². The molecule has 0 aliphatic carbocycles. The molecule has 11 heteroatoms. The van der Waals surface area contributed by atoms with Crippen molar-refractivity contribution >= 4 is 17.3 Å². The van der Waals surface area contributed by atoms with Gasteiger partial charge in [0.1, 0.15) is 0 Å². The van der Waals surface area contributed by atoms with Crippen LogP contribution in [-0.2, 0) is 10.9 Å². The number of carbonyl (C=O) groups is 1. The number of alkyl halides is 3. The van der Waals surface area contributed by atoms with E-state index in [4.69, 9.17) is 4.74 Å². The fraction of sp³-hybridized carbons (Fsp3) is 0.259. The van der Waals surface area contributed by atoms with Crippen LogP contribution >= 0.6 is 0 Å². The number of rotatable bonds is 7. The summed E-state index contributed by atoms with van der Waals surface area (Å²) in [6, 6.07) is 18.9. The zero-order valence-electron chi connectivity index (χ0n) is 20.2. The molecule has 0 radical (unpaired) electrons. The highest BCUT2D eigenvalue weighted by molar-refractivity contribution is 5.95. The number of nitrogens with zero attached hydrogens (tertiary/aromatic N) is 3. The zero-order chi connectivity index (χ0) is 26.5. The van der Waals surface area contributed by atoms with Gasteiger partial charge in [-0.15, -0.1) is 10.2 Å². The van der Waals surface area contributed by atoms with Crippen molar-refractivity contribution in [3.63, 3.8) is 0 Å². The first-order chi connectivity index (χ1) is 18.4. The van der Waals surface area contributed by atoms with E-state index in [0.29, 0.717) is 48.7 Å². The minimum Gasteiger partial charge on any atom is -0.381 e. The summed E-state index contributed by atoms with van der Waals surface area (Å²) in [6.45, 7) is 1.00. The van der Waals surface area contributed by atoms with Crippen LogP contribution in [0.3, 0.4) is 0 Å². The van der Waals surface area contributed by atoms with Crippen LogP contribution in [0.4, 0.5) is 24.5 Å². The minimum absolute atomic E-state index is 0.0461. The molecule has 1 aliphatic heterocycles. The summed E-state index contributed by atoms with van der Waals surface area (Å²) in [5.74, 6) is 0.0697. The molecule has 38 heavy (non-hydrogen) atoms. The number of aromatic nitrogens is 4. The molecule has 0 bridgehead atoms. The molecule has 1 aliphatic rings. The largest absolute Gasteiger partial charge is 0.416 e. The average molecular weight is 523 g/mol. The van der Waals surface area contributed by atoms with Gasteiger partial charge in [-0.2, -0.15) is 18.4 Å². The Kier molecular flexibility index (Phi) is 7.36. The molecular weight excluding hydrogens is 497 g/mol. The monoisotopic (exact) mass is 522 g/mol. The number of aromatic amines is 1. The van der Waals surface area contributed by atoms with Crippen LogP contribution in [-0.4, -0.2) is 39.7 Å². The Morgan fingerprint density at radius 3 is 2.45 bits per heavy atom. The predicted octanol–water partition coefficient (Wildman–Crippen LogP) is 5.53. The number of anilines is 2. The van der Waals surface area contributed by atoms with E-state index in [-0.39, 0.29) is 11.8 Å². The van der Waals surface area contributed by atoms with Crippen molar-refractivity contribution in [3.8, 4) is 11.4 Å². The maximum Gasteiger partial charge on any atom is 0.416 e. The van der Waals surface area contributed by atoms with Crippen LogP contribution in [0.25, 0.3) is 11.4 Å². The van der Waals surface area contributed by atoms with E-state index < -0.39 is 17.8 Å². The van der Waals surface area contributed by atoms with Gasteiger partial charge in [-0.25, -0.2) is 0 Å². The number of hydrogen-bond acceptors (Lipinski definition) is 6. The number of H-pyrrole nitrogens is 1. The van der Waals surface area contributed by atoms with Crippen LogP contribution in [0, 0.1) is 5.92 Å². The van der Waals surface area contributed by atoms with Crippen molar-refractivity contribution < 1.29 is 22.7 Å². The van der Waals surface area contributed by atoms with E-state index in [1.807, 2.05) is 30.3 Å². The van der Waals surface area contributed by atoms with Crippen LogP contribution < -0.4 is 10.6 Å². The second kappa shape index (κ2) is 11.0. The normalized spacial score (nSPS) is 15.1. The fourth-order valence-corrected chi connectivity index (χ4v) is 4.55. The summed E-state index contributed by atoms with van der Waals surface area (Å²) in [5, 5.41) is 20.1. The Labute approximate surface area is 216 Å².